The standard InChI is InChI=1S/C24H25BFN5O11S/c26-6-7-30-8-9-31(22(35)21(30)34)24(38)29-18(12-4-5-16(15(32)10-12)43(27,40)41)20(33)28-17-11-13-2-1-3-14(23(36)37)19(13)42-25(17)39/h1-5,10,17-18,32,39H,6-9,11H2,(H,28,33)(H,29,38)(H,36,37)(H2,27,40,41). The Hall–Kier alpha value is -4.75. The largest absolute Gasteiger partial charge is 0.547 e. The summed E-state index contributed by atoms with van der Waals surface area (Å²) >= 11 is 0. The van der Waals surface area contributed by atoms with Crippen molar-refractivity contribution in [3.05, 3.63) is 53.1 Å². The number of carbonyl (C=O) groups is 5. The number of amides is 5. The van der Waals surface area contributed by atoms with Gasteiger partial charge in [-0.2, -0.15) is 0 Å². The van der Waals surface area contributed by atoms with Crippen LogP contribution in [0.2, 0.25) is 0 Å². The van der Waals surface area contributed by atoms with Gasteiger partial charge in [-0.25, -0.2) is 27.5 Å². The summed E-state index contributed by atoms with van der Waals surface area (Å²) in [4.78, 5) is 63.7. The number of nitrogens with two attached hydrogens (primary N) is 1. The molecule has 16 nitrogen and oxygen atoms in total. The number of carboxylic acids is 1. The molecule has 2 unspecified atom stereocenters. The number of nitrogens with zero attached hydrogens (tertiary/aromatic N) is 2. The second-order valence-corrected chi connectivity index (χ2v) is 11.0. The van der Waals surface area contributed by atoms with Crippen molar-refractivity contribution in [1.29, 1.82) is 0 Å². The monoisotopic (exact) mass is 621 g/mol. The molecule has 2 aromatic carbocycles. The molecular weight excluding hydrogens is 596 g/mol. The highest BCUT2D eigenvalue weighted by Gasteiger charge is 2.41. The van der Waals surface area contributed by atoms with E-state index in [2.05, 4.69) is 10.6 Å². The topological polar surface area (TPSA) is 246 Å². The smallest absolute Gasteiger partial charge is 0.534 e. The predicted octanol–water partition coefficient (Wildman–Crippen LogP) is -1.73. The average Bonchev–Trinajstić information content (AvgIpc) is 2.93. The Morgan fingerprint density at radius 1 is 1.16 bits per heavy atom. The van der Waals surface area contributed by atoms with Crippen molar-refractivity contribution in [2.24, 2.45) is 5.14 Å². The molecule has 228 valence electrons. The van der Waals surface area contributed by atoms with Crippen molar-refractivity contribution in [2.45, 2.75) is 23.3 Å². The lowest BCUT2D eigenvalue weighted by molar-refractivity contribution is -0.153. The first-order valence-electron chi connectivity index (χ1n) is 12.6. The number of piperazine rings is 1. The average molecular weight is 621 g/mol. The van der Waals surface area contributed by atoms with Crippen LogP contribution in [0.4, 0.5) is 9.18 Å². The van der Waals surface area contributed by atoms with E-state index in [4.69, 9.17) is 9.79 Å². The fourth-order valence-corrected chi connectivity index (χ4v) is 5.23. The lowest BCUT2D eigenvalue weighted by Gasteiger charge is -2.33. The molecule has 0 bridgehead atoms. The van der Waals surface area contributed by atoms with Crippen LogP contribution in [-0.2, 0) is 30.8 Å². The normalized spacial score (nSPS) is 17.6. The zero-order valence-electron chi connectivity index (χ0n) is 22.1. The molecule has 1 saturated heterocycles. The number of hydrogen-bond acceptors (Lipinski definition) is 10. The van der Waals surface area contributed by atoms with Crippen LogP contribution in [0.3, 0.4) is 0 Å². The molecular formula is C24H25BFN5O11S. The second-order valence-electron chi connectivity index (χ2n) is 9.52. The number of alkyl halides is 1. The first kappa shape index (κ1) is 31.2. The van der Waals surface area contributed by atoms with Crippen LogP contribution in [0, 0.1) is 0 Å². The molecule has 4 rings (SSSR count). The molecule has 2 heterocycles. The first-order chi connectivity index (χ1) is 20.2. The minimum Gasteiger partial charge on any atom is -0.534 e. The number of primary sulfonamides is 1. The first-order valence-corrected chi connectivity index (χ1v) is 14.1. The molecule has 0 radical (unpaired) electrons. The molecule has 43 heavy (non-hydrogen) atoms. The quantitative estimate of drug-likeness (QED) is 0.143. The summed E-state index contributed by atoms with van der Waals surface area (Å²) in [6.45, 7) is -1.78. The van der Waals surface area contributed by atoms with Crippen LogP contribution in [0.5, 0.6) is 11.5 Å². The minimum atomic E-state index is -4.38. The highest BCUT2D eigenvalue weighted by atomic mass is 32.2. The third-order valence-electron chi connectivity index (χ3n) is 6.74. The van der Waals surface area contributed by atoms with Crippen molar-refractivity contribution in [1.82, 2.24) is 20.4 Å². The molecule has 2 atom stereocenters. The number of aromatic carboxylic acids is 1. The number of para-hydroxylation sites is 1. The summed E-state index contributed by atoms with van der Waals surface area (Å²) in [5, 5.41) is 40.0. The van der Waals surface area contributed by atoms with Gasteiger partial charge in [0.25, 0.3) is 0 Å². The van der Waals surface area contributed by atoms with Gasteiger partial charge in [0.05, 0.1) is 11.5 Å². The van der Waals surface area contributed by atoms with Crippen LogP contribution in [0.25, 0.3) is 0 Å². The zero-order chi connectivity index (χ0) is 31.6. The second kappa shape index (κ2) is 12.2. The molecule has 2 aliphatic rings. The Bertz CT molecular complexity index is 1610. The number of rotatable bonds is 8. The molecule has 0 aliphatic carbocycles. The van der Waals surface area contributed by atoms with Crippen molar-refractivity contribution in [3.63, 3.8) is 0 Å². The van der Waals surface area contributed by atoms with Crippen molar-refractivity contribution >= 4 is 46.9 Å². The third-order valence-corrected chi connectivity index (χ3v) is 7.70. The molecule has 2 aliphatic heterocycles. The molecule has 19 heteroatoms. The van der Waals surface area contributed by atoms with E-state index in [1.807, 2.05) is 0 Å². The number of halogens is 1. The van der Waals surface area contributed by atoms with E-state index in [1.54, 1.807) is 0 Å². The number of phenolic OH excluding ortho intramolecular Hbond substituents is 1. The summed E-state index contributed by atoms with van der Waals surface area (Å²) < 4.78 is 41.6. The van der Waals surface area contributed by atoms with Gasteiger partial charge in [0, 0.05) is 19.6 Å². The fourth-order valence-electron chi connectivity index (χ4n) is 4.62. The molecule has 7 N–H and O–H groups in total. The van der Waals surface area contributed by atoms with E-state index < -0.39 is 76.2 Å². The van der Waals surface area contributed by atoms with Gasteiger partial charge < -0.3 is 35.4 Å². The van der Waals surface area contributed by atoms with Crippen LogP contribution in [-0.4, -0.2) is 103 Å². The summed E-state index contributed by atoms with van der Waals surface area (Å²) in [5.41, 5.74) is -0.0745. The number of aromatic hydroxyl groups is 1. The number of urea groups is 1. The van der Waals surface area contributed by atoms with Crippen LogP contribution < -0.4 is 20.4 Å². The number of fused-ring (bicyclic) bond motifs is 1. The van der Waals surface area contributed by atoms with Crippen LogP contribution in [0.15, 0.2) is 41.3 Å². The summed E-state index contributed by atoms with van der Waals surface area (Å²) in [5.74, 6) is -6.92. The molecule has 0 aromatic heterocycles. The maximum atomic E-state index is 13.5. The number of sulfonamides is 1. The van der Waals surface area contributed by atoms with Crippen molar-refractivity contribution < 1.29 is 56.7 Å². The number of nitrogens with one attached hydrogen (secondary N) is 2. The van der Waals surface area contributed by atoms with E-state index in [1.165, 1.54) is 18.2 Å². The SMILES string of the molecule is NS(=O)(=O)c1ccc(C(NC(=O)N2CCN(CCF)C(=O)C2=O)C(=O)NC2Cc3cccc(C(=O)O)c3OB2O)cc1O. The summed E-state index contributed by atoms with van der Waals surface area (Å²) in [6, 6.07) is 4.01. The van der Waals surface area contributed by atoms with Crippen LogP contribution >= 0.6 is 0 Å². The maximum Gasteiger partial charge on any atom is 0.547 e. The lowest BCUT2D eigenvalue weighted by Crippen LogP contribution is -2.60. The highest BCUT2D eigenvalue weighted by Crippen LogP contribution is 2.31. The zero-order valence-corrected chi connectivity index (χ0v) is 22.9. The van der Waals surface area contributed by atoms with Gasteiger partial charge in [0.1, 0.15) is 29.1 Å². The fraction of sp³-hybridized carbons (Fsp3) is 0.292. The number of carbonyl (C=O) groups excluding carboxylic acids is 4. The number of benzene rings is 2. The number of imide groups is 1. The van der Waals surface area contributed by atoms with E-state index in [-0.39, 0.29) is 42.9 Å². The Morgan fingerprint density at radius 2 is 1.88 bits per heavy atom. The van der Waals surface area contributed by atoms with Crippen molar-refractivity contribution in [2.75, 3.05) is 26.3 Å². The van der Waals surface area contributed by atoms with Gasteiger partial charge in [-0.05, 0) is 35.7 Å². The lowest BCUT2D eigenvalue weighted by atomic mass is 9.72. The highest BCUT2D eigenvalue weighted by molar-refractivity contribution is 7.89. The van der Waals surface area contributed by atoms with Gasteiger partial charge in [-0.15, -0.1) is 0 Å². The third kappa shape index (κ3) is 6.52. The Kier molecular flexibility index (Phi) is 8.88. The van der Waals surface area contributed by atoms with Crippen molar-refractivity contribution in [3.8, 4) is 11.5 Å². The van der Waals surface area contributed by atoms with Gasteiger partial charge >= 0.3 is 30.9 Å². The van der Waals surface area contributed by atoms with E-state index >= 15 is 0 Å². The Balaban J connectivity index is 1.62. The predicted molar refractivity (Wildman–Crippen MR) is 143 cm³/mol. The van der Waals surface area contributed by atoms with Gasteiger partial charge in [0.15, 0.2) is 0 Å². The summed E-state index contributed by atoms with van der Waals surface area (Å²) in [7, 11) is -6.12. The number of carboxylic acid groups (broad SMARTS) is 1. The van der Waals surface area contributed by atoms with Crippen LogP contribution in [0.1, 0.15) is 27.5 Å². The number of hydrogen-bond donors (Lipinski definition) is 6. The van der Waals surface area contributed by atoms with E-state index in [9.17, 15) is 52.0 Å². The Morgan fingerprint density at radius 3 is 2.51 bits per heavy atom. The minimum absolute atomic E-state index is 0.101. The van der Waals surface area contributed by atoms with Gasteiger partial charge in [-0.3, -0.25) is 19.3 Å². The molecule has 5 amide bonds. The van der Waals surface area contributed by atoms with Gasteiger partial charge in [-0.1, -0.05) is 18.2 Å². The Labute approximate surface area is 243 Å². The molecule has 1 fully saturated rings. The molecule has 2 aromatic rings. The molecule has 0 spiro atoms. The van der Waals surface area contributed by atoms with E-state index in [0.29, 0.717) is 10.5 Å². The maximum absolute atomic E-state index is 13.5. The molecule has 0 saturated carbocycles. The number of phenols is 1. The van der Waals surface area contributed by atoms with E-state index in [0.717, 1.165) is 23.1 Å². The summed E-state index contributed by atoms with van der Waals surface area (Å²) in [6.07, 6.45) is -0.108. The van der Waals surface area contributed by atoms with Gasteiger partial charge in [0.2, 0.25) is 15.9 Å².